The van der Waals surface area contributed by atoms with Crippen molar-refractivity contribution >= 4 is 11.8 Å². The highest BCUT2D eigenvalue weighted by molar-refractivity contribution is 7.98. The SMILES string of the molecule is CCCNC(CSC)c1ccc(CC(C)C)cc1. The molecule has 0 aliphatic carbocycles. The Morgan fingerprint density at radius 3 is 2.33 bits per heavy atom. The van der Waals surface area contributed by atoms with Crippen LogP contribution in [0.3, 0.4) is 0 Å². The van der Waals surface area contributed by atoms with Crippen molar-refractivity contribution in [2.75, 3.05) is 18.6 Å². The summed E-state index contributed by atoms with van der Waals surface area (Å²) in [6, 6.07) is 9.66. The minimum absolute atomic E-state index is 0.494. The summed E-state index contributed by atoms with van der Waals surface area (Å²) in [6.07, 6.45) is 4.54. The van der Waals surface area contributed by atoms with E-state index in [9.17, 15) is 0 Å². The molecule has 1 N–H and O–H groups in total. The maximum Gasteiger partial charge on any atom is 0.0411 e. The van der Waals surface area contributed by atoms with Gasteiger partial charge >= 0.3 is 0 Å². The molecule has 2 heteroatoms. The van der Waals surface area contributed by atoms with Gasteiger partial charge in [-0.1, -0.05) is 45.0 Å². The van der Waals surface area contributed by atoms with Crippen LogP contribution in [0.5, 0.6) is 0 Å². The van der Waals surface area contributed by atoms with Gasteiger partial charge in [0.05, 0.1) is 0 Å². The molecule has 0 saturated carbocycles. The second-order valence-corrected chi connectivity index (χ2v) is 6.21. The topological polar surface area (TPSA) is 12.0 Å². The molecule has 0 saturated heterocycles. The lowest BCUT2D eigenvalue weighted by Crippen LogP contribution is -2.24. The first kappa shape index (κ1) is 15.6. The third-order valence-corrected chi connectivity index (χ3v) is 3.67. The predicted octanol–water partition coefficient (Wildman–Crippen LogP) is 4.29. The van der Waals surface area contributed by atoms with Gasteiger partial charge in [0.25, 0.3) is 0 Å². The summed E-state index contributed by atoms with van der Waals surface area (Å²) in [4.78, 5) is 0. The normalized spacial score (nSPS) is 12.9. The molecule has 1 aromatic carbocycles. The molecule has 0 spiro atoms. The van der Waals surface area contributed by atoms with E-state index in [0.717, 1.165) is 18.2 Å². The van der Waals surface area contributed by atoms with Gasteiger partial charge in [-0.3, -0.25) is 0 Å². The quantitative estimate of drug-likeness (QED) is 0.752. The van der Waals surface area contributed by atoms with E-state index in [1.54, 1.807) is 0 Å². The van der Waals surface area contributed by atoms with Crippen LogP contribution in [0.25, 0.3) is 0 Å². The minimum Gasteiger partial charge on any atom is -0.309 e. The number of rotatable bonds is 8. The molecular weight excluding hydrogens is 238 g/mol. The fourth-order valence-electron chi connectivity index (χ4n) is 2.12. The van der Waals surface area contributed by atoms with Gasteiger partial charge in [0.1, 0.15) is 0 Å². The van der Waals surface area contributed by atoms with Gasteiger partial charge in [0, 0.05) is 11.8 Å². The van der Waals surface area contributed by atoms with Crippen molar-refractivity contribution in [1.29, 1.82) is 0 Å². The van der Waals surface area contributed by atoms with E-state index in [1.807, 2.05) is 11.8 Å². The van der Waals surface area contributed by atoms with Crippen molar-refractivity contribution in [2.45, 2.75) is 39.7 Å². The van der Waals surface area contributed by atoms with Crippen molar-refractivity contribution < 1.29 is 0 Å². The number of hydrogen-bond donors (Lipinski definition) is 1. The van der Waals surface area contributed by atoms with E-state index in [0.29, 0.717) is 6.04 Å². The summed E-state index contributed by atoms with van der Waals surface area (Å²) in [5, 5.41) is 3.63. The second kappa shape index (κ2) is 8.60. The van der Waals surface area contributed by atoms with Crippen molar-refractivity contribution in [3.63, 3.8) is 0 Å². The lowest BCUT2D eigenvalue weighted by Gasteiger charge is -2.18. The van der Waals surface area contributed by atoms with E-state index < -0.39 is 0 Å². The summed E-state index contributed by atoms with van der Waals surface area (Å²) in [6.45, 7) is 7.86. The number of thioether (sulfide) groups is 1. The van der Waals surface area contributed by atoms with Gasteiger partial charge < -0.3 is 5.32 Å². The molecule has 1 nitrogen and oxygen atoms in total. The average molecular weight is 265 g/mol. The Balaban J connectivity index is 2.67. The molecule has 1 rings (SSSR count). The zero-order chi connectivity index (χ0) is 13.4. The second-order valence-electron chi connectivity index (χ2n) is 5.30. The number of benzene rings is 1. The third kappa shape index (κ3) is 5.45. The van der Waals surface area contributed by atoms with E-state index in [-0.39, 0.29) is 0 Å². The van der Waals surface area contributed by atoms with Crippen molar-refractivity contribution in [1.82, 2.24) is 5.32 Å². The Morgan fingerprint density at radius 2 is 1.83 bits per heavy atom. The zero-order valence-electron chi connectivity index (χ0n) is 12.2. The Labute approximate surface area is 117 Å². The van der Waals surface area contributed by atoms with E-state index >= 15 is 0 Å². The first-order chi connectivity index (χ1) is 8.67. The predicted molar refractivity (Wildman–Crippen MR) is 84.4 cm³/mol. The monoisotopic (exact) mass is 265 g/mol. The van der Waals surface area contributed by atoms with Gasteiger partial charge in [-0.25, -0.2) is 0 Å². The van der Waals surface area contributed by atoms with Crippen LogP contribution in [0.4, 0.5) is 0 Å². The average Bonchev–Trinajstić information content (AvgIpc) is 2.35. The van der Waals surface area contributed by atoms with Crippen LogP contribution in [-0.4, -0.2) is 18.6 Å². The Morgan fingerprint density at radius 1 is 1.17 bits per heavy atom. The van der Waals surface area contributed by atoms with Crippen molar-refractivity contribution in [3.05, 3.63) is 35.4 Å². The van der Waals surface area contributed by atoms with Crippen LogP contribution in [0.2, 0.25) is 0 Å². The first-order valence-electron chi connectivity index (χ1n) is 6.98. The smallest absolute Gasteiger partial charge is 0.0411 e. The maximum absolute atomic E-state index is 3.63. The van der Waals surface area contributed by atoms with Crippen LogP contribution in [0.15, 0.2) is 24.3 Å². The lowest BCUT2D eigenvalue weighted by molar-refractivity contribution is 0.577. The molecule has 0 amide bonds. The Kier molecular flexibility index (Phi) is 7.45. The fourth-order valence-corrected chi connectivity index (χ4v) is 2.76. The number of nitrogens with one attached hydrogen (secondary N) is 1. The van der Waals surface area contributed by atoms with Gasteiger partial charge in [0.15, 0.2) is 0 Å². The molecule has 0 aliphatic heterocycles. The molecule has 1 unspecified atom stereocenters. The summed E-state index contributed by atoms with van der Waals surface area (Å²) < 4.78 is 0. The molecule has 0 radical (unpaired) electrons. The van der Waals surface area contributed by atoms with Crippen LogP contribution < -0.4 is 5.32 Å². The zero-order valence-corrected chi connectivity index (χ0v) is 13.0. The molecule has 0 bridgehead atoms. The fraction of sp³-hybridized carbons (Fsp3) is 0.625. The molecule has 1 aromatic rings. The molecule has 0 fully saturated rings. The van der Waals surface area contributed by atoms with Crippen molar-refractivity contribution in [2.24, 2.45) is 5.92 Å². The van der Waals surface area contributed by atoms with Gasteiger partial charge in [-0.2, -0.15) is 11.8 Å². The molecule has 18 heavy (non-hydrogen) atoms. The third-order valence-electron chi connectivity index (χ3n) is 3.00. The van der Waals surface area contributed by atoms with E-state index in [2.05, 4.69) is 56.6 Å². The number of hydrogen-bond acceptors (Lipinski definition) is 2. The van der Waals surface area contributed by atoms with Gasteiger partial charge in [0.2, 0.25) is 0 Å². The molecule has 0 aromatic heterocycles. The highest BCUT2D eigenvalue weighted by Crippen LogP contribution is 2.19. The summed E-state index contributed by atoms with van der Waals surface area (Å²) in [7, 11) is 0. The van der Waals surface area contributed by atoms with Crippen LogP contribution in [0, 0.1) is 5.92 Å². The minimum atomic E-state index is 0.494. The molecule has 0 heterocycles. The molecular formula is C16H27NS. The van der Waals surface area contributed by atoms with Crippen molar-refractivity contribution in [3.8, 4) is 0 Å². The van der Waals surface area contributed by atoms with Gasteiger partial charge in [-0.15, -0.1) is 0 Å². The summed E-state index contributed by atoms with van der Waals surface area (Å²) >= 11 is 1.91. The maximum atomic E-state index is 3.63. The van der Waals surface area contributed by atoms with Crippen LogP contribution in [-0.2, 0) is 6.42 Å². The molecule has 102 valence electrons. The Hall–Kier alpha value is -0.470. The molecule has 1 atom stereocenters. The first-order valence-corrected chi connectivity index (χ1v) is 8.37. The highest BCUT2D eigenvalue weighted by Gasteiger charge is 2.09. The van der Waals surface area contributed by atoms with Crippen LogP contribution in [0.1, 0.15) is 44.4 Å². The molecule has 0 aliphatic rings. The largest absolute Gasteiger partial charge is 0.309 e. The summed E-state index contributed by atoms with van der Waals surface area (Å²) in [5.74, 6) is 1.87. The van der Waals surface area contributed by atoms with E-state index in [4.69, 9.17) is 0 Å². The van der Waals surface area contributed by atoms with Crippen LogP contribution >= 0.6 is 11.8 Å². The Bertz CT molecular complexity index is 318. The standard InChI is InChI=1S/C16H27NS/c1-5-10-17-16(12-18-4)15-8-6-14(7-9-15)11-13(2)3/h6-9,13,16-17H,5,10-12H2,1-4H3. The summed E-state index contributed by atoms with van der Waals surface area (Å²) in [5.41, 5.74) is 2.87. The van der Waals surface area contributed by atoms with Gasteiger partial charge in [-0.05, 0) is 42.7 Å². The highest BCUT2D eigenvalue weighted by atomic mass is 32.2. The van der Waals surface area contributed by atoms with E-state index in [1.165, 1.54) is 24.0 Å². The lowest BCUT2D eigenvalue weighted by atomic mass is 10.00.